The minimum atomic E-state index is 0.0367. The maximum atomic E-state index is 13.0. The average molecular weight is 460 g/mol. The van der Waals surface area contributed by atoms with Crippen LogP contribution in [0.4, 0.5) is 5.13 Å². The highest BCUT2D eigenvalue weighted by Crippen LogP contribution is 2.38. The molecular weight excluding hydrogens is 434 g/mol. The molecule has 0 unspecified atom stereocenters. The minimum Gasteiger partial charge on any atom is -0.494 e. The summed E-state index contributed by atoms with van der Waals surface area (Å²) in [6.45, 7) is 5.52. The van der Waals surface area contributed by atoms with Gasteiger partial charge < -0.3 is 19.3 Å². The Morgan fingerprint density at radius 3 is 2.74 bits per heavy atom. The van der Waals surface area contributed by atoms with E-state index in [1.165, 1.54) is 0 Å². The van der Waals surface area contributed by atoms with Crippen LogP contribution in [-0.2, 0) is 0 Å². The summed E-state index contributed by atoms with van der Waals surface area (Å²) < 4.78 is 12.1. The molecule has 1 aliphatic heterocycles. The second kappa shape index (κ2) is 9.75. The van der Waals surface area contributed by atoms with Crippen molar-refractivity contribution in [2.75, 3.05) is 44.8 Å². The molecule has 0 atom stereocenters. The number of nitrogens with zero attached hydrogens (tertiary/aromatic N) is 3. The van der Waals surface area contributed by atoms with Crippen molar-refractivity contribution >= 4 is 44.2 Å². The molecule has 31 heavy (non-hydrogen) atoms. The standard InChI is InChI=1S/C23H26ClN3O3S/c1-3-4-14-30-17-7-5-6-16(15-17)22(28)26-10-12-27(13-11-26)23-25-20-19(29-2)9-8-18(24)21(20)31-23/h5-9,15H,3-4,10-14H2,1-2H3. The highest BCUT2D eigenvalue weighted by atomic mass is 35.5. The van der Waals surface area contributed by atoms with Gasteiger partial charge in [0.25, 0.3) is 5.91 Å². The van der Waals surface area contributed by atoms with Gasteiger partial charge in [0.05, 0.1) is 23.4 Å². The minimum absolute atomic E-state index is 0.0367. The van der Waals surface area contributed by atoms with Crippen LogP contribution in [0.1, 0.15) is 30.1 Å². The highest BCUT2D eigenvalue weighted by Gasteiger charge is 2.25. The lowest BCUT2D eigenvalue weighted by atomic mass is 10.1. The van der Waals surface area contributed by atoms with E-state index in [2.05, 4.69) is 11.8 Å². The Bertz CT molecular complexity index is 1060. The van der Waals surface area contributed by atoms with Crippen LogP contribution in [0.2, 0.25) is 5.02 Å². The molecule has 1 fully saturated rings. The number of carbonyl (C=O) groups excluding carboxylic acids is 1. The molecule has 6 nitrogen and oxygen atoms in total. The molecule has 2 aromatic carbocycles. The molecule has 164 valence electrons. The molecule has 0 radical (unpaired) electrons. The van der Waals surface area contributed by atoms with Gasteiger partial charge in [-0.15, -0.1) is 0 Å². The number of piperazine rings is 1. The molecule has 1 aliphatic rings. The van der Waals surface area contributed by atoms with Crippen LogP contribution in [0.25, 0.3) is 10.2 Å². The molecule has 8 heteroatoms. The maximum absolute atomic E-state index is 13.0. The number of anilines is 1. The third-order valence-corrected chi connectivity index (χ3v) is 6.93. The smallest absolute Gasteiger partial charge is 0.254 e. The quantitative estimate of drug-likeness (QED) is 0.460. The number of unbranched alkanes of at least 4 members (excludes halogenated alkanes) is 1. The lowest BCUT2D eigenvalue weighted by Crippen LogP contribution is -2.48. The fraction of sp³-hybridized carbons (Fsp3) is 0.391. The first-order chi connectivity index (χ1) is 15.1. The molecule has 0 bridgehead atoms. The fourth-order valence-electron chi connectivity index (χ4n) is 3.58. The van der Waals surface area contributed by atoms with E-state index >= 15 is 0 Å². The van der Waals surface area contributed by atoms with Crippen molar-refractivity contribution in [3.8, 4) is 11.5 Å². The van der Waals surface area contributed by atoms with Gasteiger partial charge in [-0.25, -0.2) is 4.98 Å². The summed E-state index contributed by atoms with van der Waals surface area (Å²) in [5, 5.41) is 1.58. The van der Waals surface area contributed by atoms with Crippen LogP contribution in [0, 0.1) is 0 Å². The molecule has 2 heterocycles. The summed E-state index contributed by atoms with van der Waals surface area (Å²) in [4.78, 5) is 21.9. The maximum Gasteiger partial charge on any atom is 0.254 e. The Labute approximate surface area is 191 Å². The number of benzene rings is 2. The average Bonchev–Trinajstić information content (AvgIpc) is 3.26. The van der Waals surface area contributed by atoms with Crippen molar-refractivity contribution in [2.24, 2.45) is 0 Å². The number of hydrogen-bond acceptors (Lipinski definition) is 6. The lowest BCUT2D eigenvalue weighted by molar-refractivity contribution is 0.0746. The molecule has 0 spiro atoms. The van der Waals surface area contributed by atoms with Crippen LogP contribution in [-0.4, -0.2) is 55.7 Å². The van der Waals surface area contributed by atoms with E-state index in [0.717, 1.165) is 52.8 Å². The molecule has 3 aromatic rings. The normalized spacial score (nSPS) is 14.2. The van der Waals surface area contributed by atoms with Gasteiger partial charge >= 0.3 is 0 Å². The van der Waals surface area contributed by atoms with Crippen molar-refractivity contribution in [1.82, 2.24) is 9.88 Å². The van der Waals surface area contributed by atoms with Crippen molar-refractivity contribution < 1.29 is 14.3 Å². The number of thiazole rings is 1. The number of hydrogen-bond donors (Lipinski definition) is 0. The predicted molar refractivity (Wildman–Crippen MR) is 126 cm³/mol. The Balaban J connectivity index is 1.42. The Morgan fingerprint density at radius 2 is 2.00 bits per heavy atom. The van der Waals surface area contributed by atoms with E-state index in [0.29, 0.717) is 30.3 Å². The van der Waals surface area contributed by atoms with Gasteiger partial charge in [0.1, 0.15) is 17.0 Å². The summed E-state index contributed by atoms with van der Waals surface area (Å²) in [6.07, 6.45) is 2.08. The molecule has 0 aliphatic carbocycles. The van der Waals surface area contributed by atoms with Crippen molar-refractivity contribution in [3.63, 3.8) is 0 Å². The van der Waals surface area contributed by atoms with E-state index in [4.69, 9.17) is 26.1 Å². The first kappa shape index (κ1) is 21.7. The van der Waals surface area contributed by atoms with E-state index < -0.39 is 0 Å². The topological polar surface area (TPSA) is 54.9 Å². The zero-order valence-electron chi connectivity index (χ0n) is 17.8. The van der Waals surface area contributed by atoms with E-state index in [1.807, 2.05) is 41.3 Å². The largest absolute Gasteiger partial charge is 0.494 e. The third-order valence-electron chi connectivity index (χ3n) is 5.35. The SMILES string of the molecule is CCCCOc1cccc(C(=O)N2CCN(c3nc4c(OC)ccc(Cl)c4s3)CC2)c1. The van der Waals surface area contributed by atoms with Crippen molar-refractivity contribution in [3.05, 3.63) is 47.0 Å². The zero-order chi connectivity index (χ0) is 21.8. The van der Waals surface area contributed by atoms with Crippen molar-refractivity contribution in [2.45, 2.75) is 19.8 Å². The lowest BCUT2D eigenvalue weighted by Gasteiger charge is -2.34. The fourth-order valence-corrected chi connectivity index (χ4v) is 4.89. The summed E-state index contributed by atoms with van der Waals surface area (Å²) in [5.74, 6) is 1.50. The van der Waals surface area contributed by atoms with E-state index in [-0.39, 0.29) is 5.91 Å². The van der Waals surface area contributed by atoms with Crippen LogP contribution in [0.15, 0.2) is 36.4 Å². The van der Waals surface area contributed by atoms with Crippen LogP contribution >= 0.6 is 22.9 Å². The molecule has 1 aromatic heterocycles. The number of rotatable bonds is 7. The molecule has 0 N–H and O–H groups in total. The number of aromatic nitrogens is 1. The van der Waals surface area contributed by atoms with Crippen LogP contribution in [0.3, 0.4) is 0 Å². The Morgan fingerprint density at radius 1 is 1.19 bits per heavy atom. The number of methoxy groups -OCH3 is 1. The number of halogens is 1. The van der Waals surface area contributed by atoms with Gasteiger partial charge in [-0.05, 0) is 36.8 Å². The molecule has 1 amide bonds. The van der Waals surface area contributed by atoms with Gasteiger partial charge in [-0.1, -0.05) is 42.3 Å². The third kappa shape index (κ3) is 4.72. The van der Waals surface area contributed by atoms with Gasteiger partial charge in [-0.2, -0.15) is 0 Å². The molecular formula is C23H26ClN3O3S. The monoisotopic (exact) mass is 459 g/mol. The van der Waals surface area contributed by atoms with Gasteiger partial charge in [0.15, 0.2) is 5.13 Å². The molecule has 4 rings (SSSR count). The Hall–Kier alpha value is -2.51. The first-order valence-corrected chi connectivity index (χ1v) is 11.7. The highest BCUT2D eigenvalue weighted by molar-refractivity contribution is 7.22. The second-order valence-electron chi connectivity index (χ2n) is 7.43. The van der Waals surface area contributed by atoms with Gasteiger partial charge in [-0.3, -0.25) is 4.79 Å². The summed E-state index contributed by atoms with van der Waals surface area (Å²) >= 11 is 7.92. The second-order valence-corrected chi connectivity index (χ2v) is 8.82. The van der Waals surface area contributed by atoms with E-state index in [9.17, 15) is 4.79 Å². The molecule has 0 saturated carbocycles. The zero-order valence-corrected chi connectivity index (χ0v) is 19.3. The van der Waals surface area contributed by atoms with Crippen LogP contribution < -0.4 is 14.4 Å². The van der Waals surface area contributed by atoms with Gasteiger partial charge in [0.2, 0.25) is 0 Å². The van der Waals surface area contributed by atoms with E-state index in [1.54, 1.807) is 18.4 Å². The molecule has 1 saturated heterocycles. The number of amides is 1. The van der Waals surface area contributed by atoms with Crippen LogP contribution in [0.5, 0.6) is 11.5 Å². The summed E-state index contributed by atoms with van der Waals surface area (Å²) in [7, 11) is 1.63. The summed E-state index contributed by atoms with van der Waals surface area (Å²) in [6, 6.07) is 11.1. The number of ether oxygens (including phenoxy) is 2. The predicted octanol–water partition coefficient (Wildman–Crippen LogP) is 5.10. The van der Waals surface area contributed by atoms with Gasteiger partial charge in [0, 0.05) is 31.7 Å². The van der Waals surface area contributed by atoms with Crippen molar-refractivity contribution in [1.29, 1.82) is 0 Å². The number of carbonyl (C=O) groups is 1. The Kier molecular flexibility index (Phi) is 6.83. The number of fused-ring (bicyclic) bond motifs is 1. The first-order valence-electron chi connectivity index (χ1n) is 10.5. The summed E-state index contributed by atoms with van der Waals surface area (Å²) in [5.41, 5.74) is 1.45.